The van der Waals surface area contributed by atoms with Crippen LogP contribution in [0.2, 0.25) is 0 Å². The van der Waals surface area contributed by atoms with Gasteiger partial charge in [0.25, 0.3) is 5.91 Å². The van der Waals surface area contributed by atoms with E-state index in [1.54, 1.807) is 19.2 Å². The number of nitrogens with zero attached hydrogens (tertiary/aromatic N) is 3. The van der Waals surface area contributed by atoms with E-state index in [2.05, 4.69) is 31.6 Å². The molecule has 8 heteroatoms. The van der Waals surface area contributed by atoms with Crippen LogP contribution < -0.4 is 15.8 Å². The van der Waals surface area contributed by atoms with Crippen molar-refractivity contribution in [3.05, 3.63) is 64.3 Å². The molecule has 0 fully saturated rings. The molecule has 7 nitrogen and oxygen atoms in total. The second kappa shape index (κ2) is 7.35. The monoisotopic (exact) mass is 401 g/mol. The fraction of sp³-hybridized carbons (Fsp3) is 0.118. The summed E-state index contributed by atoms with van der Waals surface area (Å²) < 4.78 is 7.54. The van der Waals surface area contributed by atoms with Crippen LogP contribution in [0.15, 0.2) is 53.0 Å². The molecule has 3 aromatic rings. The Morgan fingerprint density at radius 3 is 2.52 bits per heavy atom. The maximum Gasteiger partial charge on any atom is 0.280 e. The second-order valence-electron chi connectivity index (χ2n) is 5.29. The molecular formula is C17H16BrN5O2. The average molecular weight is 402 g/mol. The Labute approximate surface area is 152 Å². The maximum absolute atomic E-state index is 12.3. The summed E-state index contributed by atoms with van der Waals surface area (Å²) in [5.41, 5.74) is 7.74. The van der Waals surface area contributed by atoms with Gasteiger partial charge in [-0.3, -0.25) is 4.79 Å². The third-order valence-corrected chi connectivity index (χ3v) is 4.11. The number of ether oxygens (including phenoxy) is 1. The average Bonchev–Trinajstić information content (AvgIpc) is 2.98. The molecule has 0 spiro atoms. The predicted molar refractivity (Wildman–Crippen MR) is 98.6 cm³/mol. The minimum absolute atomic E-state index is 0.0939. The molecule has 3 N–H and O–H groups in total. The molecule has 1 heterocycles. The maximum atomic E-state index is 12.3. The van der Waals surface area contributed by atoms with Crippen molar-refractivity contribution in [1.82, 2.24) is 15.0 Å². The van der Waals surface area contributed by atoms with Gasteiger partial charge in [0, 0.05) is 10.2 Å². The molecule has 1 amide bonds. The number of rotatable bonds is 5. The van der Waals surface area contributed by atoms with Crippen molar-refractivity contribution in [1.29, 1.82) is 0 Å². The van der Waals surface area contributed by atoms with Gasteiger partial charge in [-0.1, -0.05) is 33.3 Å². The third kappa shape index (κ3) is 3.97. The minimum Gasteiger partial charge on any atom is -0.497 e. The minimum atomic E-state index is -0.402. The molecule has 0 saturated carbocycles. The first-order valence-corrected chi connectivity index (χ1v) is 8.25. The number of methoxy groups -OCH3 is 1. The van der Waals surface area contributed by atoms with E-state index in [0.717, 1.165) is 15.8 Å². The molecule has 0 aliphatic carbocycles. The van der Waals surface area contributed by atoms with Crippen molar-refractivity contribution in [3.8, 4) is 5.75 Å². The lowest BCUT2D eigenvalue weighted by Gasteiger charge is -2.06. The number of nitrogen functional groups attached to an aromatic ring is 1. The summed E-state index contributed by atoms with van der Waals surface area (Å²) in [6.07, 6.45) is 0. The number of carbonyl (C=O) groups excluding carboxylic acids is 1. The Bertz CT molecular complexity index is 875. The Hall–Kier alpha value is -2.87. The summed E-state index contributed by atoms with van der Waals surface area (Å²) in [5.74, 6) is 0.580. The van der Waals surface area contributed by atoms with Gasteiger partial charge in [0.15, 0.2) is 11.5 Å². The first-order valence-electron chi connectivity index (χ1n) is 7.45. The van der Waals surface area contributed by atoms with E-state index in [1.165, 1.54) is 4.68 Å². The molecule has 25 heavy (non-hydrogen) atoms. The Morgan fingerprint density at radius 2 is 1.88 bits per heavy atom. The normalized spacial score (nSPS) is 10.5. The second-order valence-corrected chi connectivity index (χ2v) is 6.21. The topological polar surface area (TPSA) is 95.1 Å². The molecule has 128 valence electrons. The van der Waals surface area contributed by atoms with Crippen LogP contribution in [0.25, 0.3) is 0 Å². The van der Waals surface area contributed by atoms with Crippen LogP contribution in [0.5, 0.6) is 5.75 Å². The number of hydrogen-bond donors (Lipinski definition) is 2. The predicted octanol–water partition coefficient (Wildman–Crippen LogP) is 2.93. The van der Waals surface area contributed by atoms with Crippen LogP contribution in [0.4, 0.5) is 11.5 Å². The third-order valence-electron chi connectivity index (χ3n) is 3.58. The largest absolute Gasteiger partial charge is 0.497 e. The molecule has 0 saturated heterocycles. The van der Waals surface area contributed by atoms with Crippen LogP contribution >= 0.6 is 15.9 Å². The first kappa shape index (κ1) is 17.0. The highest BCUT2D eigenvalue weighted by molar-refractivity contribution is 9.10. The SMILES string of the molecule is COc1ccc(Cn2nnc(C(=O)Nc3ccc(Br)cc3)c2N)cc1. The van der Waals surface area contributed by atoms with Gasteiger partial charge in [0.1, 0.15) is 5.75 Å². The van der Waals surface area contributed by atoms with Gasteiger partial charge in [0.05, 0.1) is 13.7 Å². The highest BCUT2D eigenvalue weighted by Gasteiger charge is 2.17. The van der Waals surface area contributed by atoms with Crippen molar-refractivity contribution >= 4 is 33.3 Å². The molecule has 0 unspecified atom stereocenters. The molecule has 2 aromatic carbocycles. The van der Waals surface area contributed by atoms with Crippen molar-refractivity contribution in [2.75, 3.05) is 18.2 Å². The molecule has 0 radical (unpaired) electrons. The van der Waals surface area contributed by atoms with Crippen LogP contribution in [0, 0.1) is 0 Å². The zero-order valence-electron chi connectivity index (χ0n) is 13.4. The van der Waals surface area contributed by atoms with Crippen molar-refractivity contribution in [2.24, 2.45) is 0 Å². The highest BCUT2D eigenvalue weighted by atomic mass is 79.9. The van der Waals surface area contributed by atoms with Gasteiger partial charge in [-0.25, -0.2) is 4.68 Å². The van der Waals surface area contributed by atoms with Gasteiger partial charge >= 0.3 is 0 Å². The summed E-state index contributed by atoms with van der Waals surface area (Å²) in [4.78, 5) is 12.3. The van der Waals surface area contributed by atoms with Crippen molar-refractivity contribution in [2.45, 2.75) is 6.54 Å². The molecule has 3 rings (SSSR count). The zero-order valence-corrected chi connectivity index (χ0v) is 15.0. The molecule has 0 bridgehead atoms. The summed E-state index contributed by atoms with van der Waals surface area (Å²) in [6, 6.07) is 14.7. The van der Waals surface area contributed by atoms with E-state index >= 15 is 0 Å². The number of carbonyl (C=O) groups is 1. The highest BCUT2D eigenvalue weighted by Crippen LogP contribution is 2.17. The van der Waals surface area contributed by atoms with Crippen LogP contribution in [0.3, 0.4) is 0 Å². The Balaban J connectivity index is 1.73. The zero-order chi connectivity index (χ0) is 17.8. The summed E-state index contributed by atoms with van der Waals surface area (Å²) in [5, 5.41) is 10.6. The van der Waals surface area contributed by atoms with Crippen molar-refractivity contribution in [3.63, 3.8) is 0 Å². The molecule has 1 aromatic heterocycles. The smallest absolute Gasteiger partial charge is 0.280 e. The van der Waals surface area contributed by atoms with Gasteiger partial charge in [-0.15, -0.1) is 5.10 Å². The first-order chi connectivity index (χ1) is 12.1. The summed E-state index contributed by atoms with van der Waals surface area (Å²) >= 11 is 3.35. The Kier molecular flexibility index (Phi) is 4.99. The van der Waals surface area contributed by atoms with Crippen LogP contribution in [0.1, 0.15) is 16.1 Å². The molecular weight excluding hydrogens is 386 g/mol. The lowest BCUT2D eigenvalue weighted by Crippen LogP contribution is -2.15. The number of aromatic nitrogens is 3. The van der Waals surface area contributed by atoms with Crippen LogP contribution in [-0.2, 0) is 6.54 Å². The number of amides is 1. The lowest BCUT2D eigenvalue weighted by molar-refractivity contribution is 0.102. The van der Waals surface area contributed by atoms with Crippen LogP contribution in [-0.4, -0.2) is 28.0 Å². The quantitative estimate of drug-likeness (QED) is 0.684. The van der Waals surface area contributed by atoms with E-state index in [1.807, 2.05) is 36.4 Å². The van der Waals surface area contributed by atoms with E-state index in [9.17, 15) is 4.79 Å². The molecule has 0 aliphatic heterocycles. The van der Waals surface area contributed by atoms with E-state index < -0.39 is 5.91 Å². The fourth-order valence-corrected chi connectivity index (χ4v) is 2.49. The van der Waals surface area contributed by atoms with Gasteiger partial charge in [-0.05, 0) is 42.0 Å². The summed E-state index contributed by atoms with van der Waals surface area (Å²) in [7, 11) is 1.61. The van der Waals surface area contributed by atoms with E-state index in [-0.39, 0.29) is 11.5 Å². The number of anilines is 2. The Morgan fingerprint density at radius 1 is 1.20 bits per heavy atom. The molecule has 0 aliphatic rings. The lowest BCUT2D eigenvalue weighted by atomic mass is 10.2. The number of nitrogens with two attached hydrogens (primary N) is 1. The van der Waals surface area contributed by atoms with Gasteiger partial charge in [0.2, 0.25) is 0 Å². The fourth-order valence-electron chi connectivity index (χ4n) is 2.23. The van der Waals surface area contributed by atoms with E-state index in [0.29, 0.717) is 12.2 Å². The van der Waals surface area contributed by atoms with Gasteiger partial charge in [-0.2, -0.15) is 0 Å². The van der Waals surface area contributed by atoms with Crippen molar-refractivity contribution < 1.29 is 9.53 Å². The standard InChI is InChI=1S/C17H16BrN5O2/c1-25-14-8-2-11(3-9-14)10-23-16(19)15(21-22-23)17(24)20-13-6-4-12(18)5-7-13/h2-9H,10,19H2,1H3,(H,20,24). The molecule has 0 atom stereocenters. The summed E-state index contributed by atoms with van der Waals surface area (Å²) in [6.45, 7) is 0.411. The van der Waals surface area contributed by atoms with Gasteiger partial charge < -0.3 is 15.8 Å². The number of hydrogen-bond acceptors (Lipinski definition) is 5. The number of benzene rings is 2. The number of nitrogens with one attached hydrogen (secondary N) is 1. The number of halogens is 1. The van der Waals surface area contributed by atoms with E-state index in [4.69, 9.17) is 10.5 Å².